The van der Waals surface area contributed by atoms with Crippen LogP contribution in [0.1, 0.15) is 22.8 Å². The lowest BCUT2D eigenvalue weighted by Crippen LogP contribution is -2.30. The fourth-order valence-corrected chi connectivity index (χ4v) is 2.04. The van der Waals surface area contributed by atoms with Crippen LogP contribution in [0, 0.1) is 12.7 Å². The molecule has 5 nitrogen and oxygen atoms in total. The predicted octanol–water partition coefficient (Wildman–Crippen LogP) is 2.64. The average Bonchev–Trinajstić information content (AvgIpc) is 2.51. The molecule has 0 fully saturated rings. The summed E-state index contributed by atoms with van der Waals surface area (Å²) in [5, 5.41) is 2.69. The van der Waals surface area contributed by atoms with Crippen LogP contribution in [0.2, 0.25) is 0 Å². The molecule has 0 saturated heterocycles. The fraction of sp³-hybridized carbons (Fsp3) is 0.176. The molecule has 0 aliphatic heterocycles. The first-order valence-electron chi connectivity index (χ1n) is 7.01. The molecule has 2 aromatic carbocycles. The Morgan fingerprint density at radius 3 is 2.43 bits per heavy atom. The molecule has 0 bridgehead atoms. The molecule has 0 heterocycles. The first kappa shape index (κ1) is 16.5. The minimum absolute atomic E-state index is 0.343. The Labute approximate surface area is 133 Å². The molecule has 2 aromatic rings. The lowest BCUT2D eigenvalue weighted by atomic mass is 10.1. The van der Waals surface area contributed by atoms with Crippen molar-refractivity contribution < 1.29 is 18.7 Å². The highest BCUT2D eigenvalue weighted by Crippen LogP contribution is 2.19. The van der Waals surface area contributed by atoms with Gasteiger partial charge in [0.25, 0.3) is 5.91 Å². The Hall–Kier alpha value is -2.89. The van der Waals surface area contributed by atoms with E-state index < -0.39 is 12.0 Å². The van der Waals surface area contributed by atoms with Crippen molar-refractivity contribution in [2.75, 3.05) is 5.32 Å². The molecule has 0 aromatic heterocycles. The van der Waals surface area contributed by atoms with E-state index in [-0.39, 0.29) is 11.7 Å². The topological polar surface area (TPSA) is 81.4 Å². The van der Waals surface area contributed by atoms with Gasteiger partial charge in [-0.2, -0.15) is 0 Å². The lowest BCUT2D eigenvalue weighted by Gasteiger charge is -2.16. The third-order valence-electron chi connectivity index (χ3n) is 3.35. The van der Waals surface area contributed by atoms with Crippen molar-refractivity contribution in [3.63, 3.8) is 0 Å². The summed E-state index contributed by atoms with van der Waals surface area (Å²) < 4.78 is 18.3. The molecular formula is C17H17FN2O3. The Balaban J connectivity index is 2.08. The van der Waals surface area contributed by atoms with Crippen LogP contribution in [0.4, 0.5) is 10.1 Å². The highest BCUT2D eigenvalue weighted by Gasteiger charge is 2.17. The maximum Gasteiger partial charge on any atom is 0.265 e. The number of rotatable bonds is 5. The number of carbonyl (C=O) groups is 2. The summed E-state index contributed by atoms with van der Waals surface area (Å²) >= 11 is 0. The molecule has 2 rings (SSSR count). The van der Waals surface area contributed by atoms with Crippen molar-refractivity contribution in [3.05, 3.63) is 59.4 Å². The summed E-state index contributed by atoms with van der Waals surface area (Å²) in [5.41, 5.74) is 6.70. The van der Waals surface area contributed by atoms with Gasteiger partial charge < -0.3 is 15.8 Å². The Kier molecular flexibility index (Phi) is 4.95. The lowest BCUT2D eigenvalue weighted by molar-refractivity contribution is -0.122. The van der Waals surface area contributed by atoms with Crippen molar-refractivity contribution >= 4 is 17.5 Å². The number of ether oxygens (including phenoxy) is 1. The van der Waals surface area contributed by atoms with Crippen molar-refractivity contribution in [1.82, 2.24) is 0 Å². The first-order chi connectivity index (χ1) is 10.9. The van der Waals surface area contributed by atoms with Crippen LogP contribution in [0.5, 0.6) is 5.75 Å². The minimum Gasteiger partial charge on any atom is -0.481 e. The molecule has 120 valence electrons. The van der Waals surface area contributed by atoms with Gasteiger partial charge >= 0.3 is 0 Å². The molecule has 2 amide bonds. The van der Waals surface area contributed by atoms with Gasteiger partial charge in [0.05, 0.1) is 0 Å². The Bertz CT molecular complexity index is 729. The summed E-state index contributed by atoms with van der Waals surface area (Å²) in [6.45, 7) is 3.27. The third kappa shape index (κ3) is 4.06. The van der Waals surface area contributed by atoms with Crippen LogP contribution in [-0.4, -0.2) is 17.9 Å². The molecule has 0 radical (unpaired) electrons. The number of nitrogens with one attached hydrogen (secondary N) is 1. The largest absolute Gasteiger partial charge is 0.481 e. The van der Waals surface area contributed by atoms with E-state index in [4.69, 9.17) is 10.5 Å². The van der Waals surface area contributed by atoms with Gasteiger partial charge in [-0.1, -0.05) is 6.07 Å². The minimum atomic E-state index is -0.794. The highest BCUT2D eigenvalue weighted by atomic mass is 19.1. The summed E-state index contributed by atoms with van der Waals surface area (Å²) in [7, 11) is 0. The van der Waals surface area contributed by atoms with Crippen molar-refractivity contribution in [3.8, 4) is 5.75 Å². The smallest absolute Gasteiger partial charge is 0.265 e. The number of hydrogen-bond donors (Lipinski definition) is 2. The second-order valence-electron chi connectivity index (χ2n) is 5.05. The van der Waals surface area contributed by atoms with Crippen molar-refractivity contribution in [1.29, 1.82) is 0 Å². The quantitative estimate of drug-likeness (QED) is 0.889. The van der Waals surface area contributed by atoms with E-state index in [9.17, 15) is 14.0 Å². The van der Waals surface area contributed by atoms with Gasteiger partial charge in [0.15, 0.2) is 6.10 Å². The number of halogens is 1. The molecule has 6 heteroatoms. The second-order valence-corrected chi connectivity index (χ2v) is 5.05. The number of hydrogen-bond acceptors (Lipinski definition) is 3. The van der Waals surface area contributed by atoms with E-state index in [2.05, 4.69) is 5.32 Å². The maximum atomic E-state index is 12.8. The molecule has 0 aliphatic carbocycles. The summed E-state index contributed by atoms with van der Waals surface area (Å²) in [4.78, 5) is 23.5. The SMILES string of the molecule is Cc1c(NC(=O)[C@@H](C)Oc2ccc(F)cc2)cccc1C(N)=O. The zero-order valence-corrected chi connectivity index (χ0v) is 12.8. The molecule has 1 atom stereocenters. The monoisotopic (exact) mass is 316 g/mol. The molecule has 0 spiro atoms. The standard InChI is InChI=1S/C17H17FN2O3/c1-10-14(16(19)21)4-3-5-15(10)20-17(22)11(2)23-13-8-6-12(18)7-9-13/h3-9,11H,1-2H3,(H2,19,21)(H,20,22)/t11-/m1/s1. The number of carbonyl (C=O) groups excluding carboxylic acids is 2. The van der Waals surface area contributed by atoms with Gasteiger partial charge in [-0.3, -0.25) is 9.59 Å². The van der Waals surface area contributed by atoms with Crippen LogP contribution >= 0.6 is 0 Å². The zero-order chi connectivity index (χ0) is 17.0. The van der Waals surface area contributed by atoms with Gasteiger partial charge in [-0.15, -0.1) is 0 Å². The average molecular weight is 316 g/mol. The van der Waals surface area contributed by atoms with Crippen LogP contribution in [0.15, 0.2) is 42.5 Å². The van der Waals surface area contributed by atoms with Gasteiger partial charge in [-0.05, 0) is 55.8 Å². The summed E-state index contributed by atoms with van der Waals surface area (Å²) in [6, 6.07) is 10.3. The van der Waals surface area contributed by atoms with Gasteiger partial charge in [-0.25, -0.2) is 4.39 Å². The van der Waals surface area contributed by atoms with E-state index in [0.29, 0.717) is 22.6 Å². The van der Waals surface area contributed by atoms with Gasteiger partial charge in [0.2, 0.25) is 5.91 Å². The van der Waals surface area contributed by atoms with Gasteiger partial charge in [0.1, 0.15) is 11.6 Å². The van der Waals surface area contributed by atoms with Crippen molar-refractivity contribution in [2.24, 2.45) is 5.73 Å². The number of primary amides is 1. The zero-order valence-electron chi connectivity index (χ0n) is 12.8. The van der Waals surface area contributed by atoms with Crippen molar-refractivity contribution in [2.45, 2.75) is 20.0 Å². The number of benzene rings is 2. The third-order valence-corrected chi connectivity index (χ3v) is 3.35. The number of anilines is 1. The fourth-order valence-electron chi connectivity index (χ4n) is 2.04. The molecule has 0 unspecified atom stereocenters. The summed E-state index contributed by atoms with van der Waals surface area (Å²) in [5.74, 6) is -0.946. The molecule has 23 heavy (non-hydrogen) atoms. The normalized spacial score (nSPS) is 11.6. The molecule has 0 aliphatic rings. The van der Waals surface area contributed by atoms with Crippen LogP contribution in [0.3, 0.4) is 0 Å². The highest BCUT2D eigenvalue weighted by molar-refractivity contribution is 5.99. The Morgan fingerprint density at radius 2 is 1.83 bits per heavy atom. The van der Waals surface area contributed by atoms with Crippen LogP contribution in [-0.2, 0) is 4.79 Å². The maximum absolute atomic E-state index is 12.8. The second kappa shape index (κ2) is 6.91. The van der Waals surface area contributed by atoms with E-state index >= 15 is 0 Å². The molecule has 3 N–H and O–H groups in total. The summed E-state index contributed by atoms with van der Waals surface area (Å²) in [6.07, 6.45) is -0.794. The number of nitrogens with two attached hydrogens (primary N) is 1. The molecular weight excluding hydrogens is 299 g/mol. The van der Waals surface area contributed by atoms with Gasteiger partial charge in [0, 0.05) is 11.3 Å². The van der Waals surface area contributed by atoms with Crippen LogP contribution in [0.25, 0.3) is 0 Å². The van der Waals surface area contributed by atoms with E-state index in [1.807, 2.05) is 0 Å². The predicted molar refractivity (Wildman–Crippen MR) is 84.8 cm³/mol. The number of amides is 2. The van der Waals surface area contributed by atoms with E-state index in [1.54, 1.807) is 32.0 Å². The van der Waals surface area contributed by atoms with E-state index in [1.165, 1.54) is 24.3 Å². The first-order valence-corrected chi connectivity index (χ1v) is 7.01. The van der Waals surface area contributed by atoms with E-state index in [0.717, 1.165) is 0 Å². The molecule has 0 saturated carbocycles. The Morgan fingerprint density at radius 1 is 1.17 bits per heavy atom. The van der Waals surface area contributed by atoms with Crippen LogP contribution < -0.4 is 15.8 Å².